The summed E-state index contributed by atoms with van der Waals surface area (Å²) >= 11 is 1.40. The fourth-order valence-corrected chi connectivity index (χ4v) is 3.58. The van der Waals surface area contributed by atoms with Gasteiger partial charge in [0.25, 0.3) is 0 Å². The van der Waals surface area contributed by atoms with Crippen molar-refractivity contribution in [3.63, 3.8) is 0 Å². The van der Waals surface area contributed by atoms with Gasteiger partial charge >= 0.3 is 0 Å². The van der Waals surface area contributed by atoms with Crippen molar-refractivity contribution in [1.82, 2.24) is 14.8 Å². The molecule has 1 amide bonds. The van der Waals surface area contributed by atoms with Gasteiger partial charge in [0.2, 0.25) is 5.91 Å². The van der Waals surface area contributed by atoms with Crippen LogP contribution in [0.5, 0.6) is 5.75 Å². The third-order valence-corrected chi connectivity index (χ3v) is 5.41. The smallest absolute Gasteiger partial charge is 0.240 e. The largest absolute Gasteiger partial charge is 0.497 e. The Labute approximate surface area is 163 Å². The van der Waals surface area contributed by atoms with E-state index in [1.807, 2.05) is 73.1 Å². The molecule has 2 aromatic carbocycles. The molecule has 1 unspecified atom stereocenters. The van der Waals surface area contributed by atoms with Crippen molar-refractivity contribution in [1.29, 1.82) is 0 Å². The van der Waals surface area contributed by atoms with Crippen molar-refractivity contribution in [2.45, 2.75) is 17.3 Å². The topological polar surface area (TPSA) is 60.3 Å². The molecule has 3 aromatic rings. The number of hydrogen-bond acceptors (Lipinski definition) is 5. The average molecular weight is 382 g/mol. The van der Waals surface area contributed by atoms with E-state index in [0.29, 0.717) is 5.16 Å². The number of ether oxygens (including phenoxy) is 1. The Balaban J connectivity index is 1.74. The molecule has 0 aliphatic rings. The van der Waals surface area contributed by atoms with E-state index in [4.69, 9.17) is 4.74 Å². The van der Waals surface area contributed by atoms with Gasteiger partial charge in [-0.1, -0.05) is 30.0 Å². The first kappa shape index (κ1) is 19.0. The van der Waals surface area contributed by atoms with Gasteiger partial charge in [0.15, 0.2) is 11.0 Å². The minimum Gasteiger partial charge on any atom is -0.497 e. The van der Waals surface area contributed by atoms with Crippen molar-refractivity contribution >= 4 is 23.4 Å². The highest BCUT2D eigenvalue weighted by Crippen LogP contribution is 2.28. The van der Waals surface area contributed by atoms with Crippen LogP contribution in [0.1, 0.15) is 6.92 Å². The van der Waals surface area contributed by atoms with Crippen LogP contribution in [0.25, 0.3) is 11.4 Å². The lowest BCUT2D eigenvalue weighted by Gasteiger charge is -2.20. The van der Waals surface area contributed by atoms with Crippen LogP contribution >= 0.6 is 11.8 Å². The predicted octanol–water partition coefficient (Wildman–Crippen LogP) is 3.63. The Bertz CT molecular complexity index is 909. The van der Waals surface area contributed by atoms with E-state index < -0.39 is 0 Å². The normalized spacial score (nSPS) is 11.9. The number of amides is 1. The maximum atomic E-state index is 12.7. The molecule has 6 nitrogen and oxygen atoms in total. The Morgan fingerprint density at radius 1 is 1.11 bits per heavy atom. The molecule has 0 radical (unpaired) electrons. The summed E-state index contributed by atoms with van der Waals surface area (Å²) in [7, 11) is 5.32. The van der Waals surface area contributed by atoms with Crippen LogP contribution in [0.4, 0.5) is 5.69 Å². The molecule has 0 spiro atoms. The van der Waals surface area contributed by atoms with Crippen LogP contribution in [0.2, 0.25) is 0 Å². The van der Waals surface area contributed by atoms with Gasteiger partial charge < -0.3 is 14.2 Å². The standard InChI is InChI=1S/C20H22N4O2S/c1-14(19(25)23(2)16-8-6-5-7-9-16)27-20-22-21-18(24(20)3)15-10-12-17(26-4)13-11-15/h5-14H,1-4H3. The van der Waals surface area contributed by atoms with Crippen molar-refractivity contribution in [3.05, 3.63) is 54.6 Å². The summed E-state index contributed by atoms with van der Waals surface area (Å²) in [6.07, 6.45) is 0. The van der Waals surface area contributed by atoms with Gasteiger partial charge in [0, 0.05) is 25.3 Å². The molecular formula is C20H22N4O2S. The highest BCUT2D eigenvalue weighted by atomic mass is 32.2. The molecule has 3 rings (SSSR count). The molecule has 0 aliphatic heterocycles. The number of nitrogens with zero attached hydrogens (tertiary/aromatic N) is 4. The molecular weight excluding hydrogens is 360 g/mol. The Kier molecular flexibility index (Phi) is 5.81. The number of benzene rings is 2. The molecule has 140 valence electrons. The number of hydrogen-bond donors (Lipinski definition) is 0. The second kappa shape index (κ2) is 8.26. The lowest BCUT2D eigenvalue weighted by Crippen LogP contribution is -2.33. The van der Waals surface area contributed by atoms with Gasteiger partial charge in [-0.2, -0.15) is 0 Å². The molecule has 0 saturated heterocycles. The molecule has 1 heterocycles. The monoisotopic (exact) mass is 382 g/mol. The molecule has 7 heteroatoms. The van der Waals surface area contributed by atoms with Crippen LogP contribution in [-0.2, 0) is 11.8 Å². The van der Waals surface area contributed by atoms with E-state index in [-0.39, 0.29) is 11.2 Å². The quantitative estimate of drug-likeness (QED) is 0.609. The molecule has 27 heavy (non-hydrogen) atoms. The summed E-state index contributed by atoms with van der Waals surface area (Å²) in [5.41, 5.74) is 1.81. The summed E-state index contributed by atoms with van der Waals surface area (Å²) in [6.45, 7) is 1.88. The number of anilines is 1. The van der Waals surface area contributed by atoms with Gasteiger partial charge in [-0.15, -0.1) is 10.2 Å². The van der Waals surface area contributed by atoms with Gasteiger partial charge in [0.05, 0.1) is 12.4 Å². The Hall–Kier alpha value is -2.80. The minimum atomic E-state index is -0.290. The molecule has 0 saturated carbocycles. The van der Waals surface area contributed by atoms with Gasteiger partial charge in [-0.3, -0.25) is 4.79 Å². The average Bonchev–Trinajstić information content (AvgIpc) is 3.07. The van der Waals surface area contributed by atoms with Crippen molar-refractivity contribution < 1.29 is 9.53 Å². The molecule has 0 N–H and O–H groups in total. The Morgan fingerprint density at radius 3 is 2.41 bits per heavy atom. The second-order valence-electron chi connectivity index (χ2n) is 6.09. The molecule has 0 fully saturated rings. The summed E-state index contributed by atoms with van der Waals surface area (Å²) in [4.78, 5) is 14.4. The zero-order valence-electron chi connectivity index (χ0n) is 15.8. The van der Waals surface area contributed by atoms with E-state index in [9.17, 15) is 4.79 Å². The number of rotatable bonds is 6. The maximum absolute atomic E-state index is 12.7. The van der Waals surface area contributed by atoms with Crippen molar-refractivity contribution in [3.8, 4) is 17.1 Å². The number of para-hydroxylation sites is 1. The van der Waals surface area contributed by atoms with E-state index in [2.05, 4.69) is 10.2 Å². The number of methoxy groups -OCH3 is 1. The zero-order valence-corrected chi connectivity index (χ0v) is 16.6. The third kappa shape index (κ3) is 4.14. The van der Waals surface area contributed by atoms with E-state index in [1.54, 1.807) is 19.1 Å². The van der Waals surface area contributed by atoms with E-state index in [0.717, 1.165) is 22.8 Å². The zero-order chi connectivity index (χ0) is 19.4. The van der Waals surface area contributed by atoms with Crippen molar-refractivity contribution in [2.24, 2.45) is 7.05 Å². The van der Waals surface area contributed by atoms with Crippen molar-refractivity contribution in [2.75, 3.05) is 19.1 Å². The number of aromatic nitrogens is 3. The molecule has 1 atom stereocenters. The molecule has 0 aliphatic carbocycles. The van der Waals surface area contributed by atoms with Crippen LogP contribution in [0.3, 0.4) is 0 Å². The first-order valence-corrected chi connectivity index (χ1v) is 9.42. The molecule has 1 aromatic heterocycles. The van der Waals surface area contributed by atoms with Gasteiger partial charge in [-0.25, -0.2) is 0 Å². The van der Waals surface area contributed by atoms with Gasteiger partial charge in [0.1, 0.15) is 5.75 Å². The van der Waals surface area contributed by atoms with Crippen LogP contribution in [0.15, 0.2) is 59.8 Å². The minimum absolute atomic E-state index is 0.0141. The van der Waals surface area contributed by atoms with E-state index >= 15 is 0 Å². The maximum Gasteiger partial charge on any atom is 0.240 e. The third-order valence-electron chi connectivity index (χ3n) is 4.29. The number of carbonyl (C=O) groups excluding carboxylic acids is 1. The highest BCUT2D eigenvalue weighted by Gasteiger charge is 2.22. The first-order valence-electron chi connectivity index (χ1n) is 8.54. The fraction of sp³-hybridized carbons (Fsp3) is 0.250. The fourth-order valence-electron chi connectivity index (χ4n) is 2.67. The SMILES string of the molecule is COc1ccc(-c2nnc(SC(C)C(=O)N(C)c3ccccc3)n2C)cc1. The Morgan fingerprint density at radius 2 is 1.78 bits per heavy atom. The summed E-state index contributed by atoms with van der Waals surface area (Å²) in [6, 6.07) is 17.3. The summed E-state index contributed by atoms with van der Waals surface area (Å²) in [5, 5.41) is 8.95. The van der Waals surface area contributed by atoms with Gasteiger partial charge in [-0.05, 0) is 43.3 Å². The number of carbonyl (C=O) groups is 1. The number of thioether (sulfide) groups is 1. The summed E-state index contributed by atoms with van der Waals surface area (Å²) in [5.74, 6) is 1.55. The highest BCUT2D eigenvalue weighted by molar-refractivity contribution is 8.00. The summed E-state index contributed by atoms with van der Waals surface area (Å²) < 4.78 is 7.09. The van der Waals surface area contributed by atoms with Crippen LogP contribution < -0.4 is 9.64 Å². The molecule has 0 bridgehead atoms. The second-order valence-corrected chi connectivity index (χ2v) is 7.39. The lowest BCUT2D eigenvalue weighted by molar-refractivity contribution is -0.117. The van der Waals surface area contributed by atoms with Crippen LogP contribution in [0, 0.1) is 0 Å². The first-order chi connectivity index (χ1) is 13.0. The van der Waals surface area contributed by atoms with E-state index in [1.165, 1.54) is 11.8 Å². The predicted molar refractivity (Wildman–Crippen MR) is 108 cm³/mol. The lowest BCUT2D eigenvalue weighted by atomic mass is 10.2. The van der Waals surface area contributed by atoms with Crippen LogP contribution in [-0.4, -0.2) is 40.1 Å².